The number of carbonyl (C=O) groups is 1. The lowest BCUT2D eigenvalue weighted by Gasteiger charge is -2.26. The summed E-state index contributed by atoms with van der Waals surface area (Å²) in [7, 11) is 2.17. The number of amides is 1. The molecule has 0 heterocycles. The topological polar surface area (TPSA) is 44.4 Å². The molecule has 4 nitrogen and oxygen atoms in total. The Bertz CT molecular complexity index is 467. The maximum atomic E-state index is 12.1. The molecule has 1 aromatic rings. The molecular formula is C17H27N3O. The summed E-state index contributed by atoms with van der Waals surface area (Å²) in [6.45, 7) is 6.98. The highest BCUT2D eigenvalue weighted by Crippen LogP contribution is 2.26. The Hall–Kier alpha value is -1.39. The van der Waals surface area contributed by atoms with Crippen LogP contribution < -0.4 is 10.6 Å². The molecular weight excluding hydrogens is 262 g/mol. The van der Waals surface area contributed by atoms with Crippen molar-refractivity contribution in [1.82, 2.24) is 10.2 Å². The van der Waals surface area contributed by atoms with E-state index in [1.165, 1.54) is 18.4 Å². The van der Waals surface area contributed by atoms with Gasteiger partial charge in [-0.15, -0.1) is 0 Å². The molecule has 0 radical (unpaired) electrons. The average molecular weight is 289 g/mol. The monoisotopic (exact) mass is 289 g/mol. The minimum absolute atomic E-state index is 0.0140. The second-order valence-electron chi connectivity index (χ2n) is 6.23. The zero-order valence-electron chi connectivity index (χ0n) is 13.5. The number of hydrogen-bond acceptors (Lipinski definition) is 3. The zero-order valence-corrected chi connectivity index (χ0v) is 13.5. The SMILES string of the molecule is Cc1ccc(NC(=O)C(C)NCC(C)N(C)C2CC2)cc1. The fourth-order valence-corrected chi connectivity index (χ4v) is 2.31. The van der Waals surface area contributed by atoms with E-state index in [1.54, 1.807) is 0 Å². The third kappa shape index (κ3) is 4.83. The summed E-state index contributed by atoms with van der Waals surface area (Å²) in [6.07, 6.45) is 2.62. The minimum atomic E-state index is -0.193. The molecule has 2 N–H and O–H groups in total. The Morgan fingerprint density at radius 2 is 1.90 bits per heavy atom. The molecule has 2 atom stereocenters. The molecule has 1 amide bonds. The van der Waals surface area contributed by atoms with E-state index < -0.39 is 0 Å². The van der Waals surface area contributed by atoms with Gasteiger partial charge < -0.3 is 10.6 Å². The van der Waals surface area contributed by atoms with E-state index in [9.17, 15) is 4.79 Å². The first kappa shape index (κ1) is 16.0. The first-order valence-electron chi connectivity index (χ1n) is 7.80. The normalized spacial score (nSPS) is 17.6. The Morgan fingerprint density at radius 1 is 1.29 bits per heavy atom. The van der Waals surface area contributed by atoms with Crippen LogP contribution >= 0.6 is 0 Å². The van der Waals surface area contributed by atoms with Gasteiger partial charge in [0.05, 0.1) is 6.04 Å². The van der Waals surface area contributed by atoms with Gasteiger partial charge in [-0.2, -0.15) is 0 Å². The number of carbonyl (C=O) groups excluding carboxylic acids is 1. The van der Waals surface area contributed by atoms with Crippen LogP contribution in [0.3, 0.4) is 0 Å². The third-order valence-corrected chi connectivity index (χ3v) is 4.25. The van der Waals surface area contributed by atoms with Gasteiger partial charge >= 0.3 is 0 Å². The van der Waals surface area contributed by atoms with Crippen molar-refractivity contribution in [1.29, 1.82) is 0 Å². The number of benzene rings is 1. The van der Waals surface area contributed by atoms with Crippen LogP contribution in [0.2, 0.25) is 0 Å². The molecule has 0 aromatic heterocycles. The predicted octanol–water partition coefficient (Wildman–Crippen LogP) is 2.39. The highest BCUT2D eigenvalue weighted by molar-refractivity contribution is 5.94. The van der Waals surface area contributed by atoms with Crippen molar-refractivity contribution >= 4 is 11.6 Å². The number of nitrogens with zero attached hydrogens (tertiary/aromatic N) is 1. The fraction of sp³-hybridized carbons (Fsp3) is 0.588. The van der Waals surface area contributed by atoms with Gasteiger partial charge in [0, 0.05) is 24.3 Å². The van der Waals surface area contributed by atoms with Crippen LogP contribution in [0.4, 0.5) is 5.69 Å². The van der Waals surface area contributed by atoms with Crippen molar-refractivity contribution < 1.29 is 4.79 Å². The fourth-order valence-electron chi connectivity index (χ4n) is 2.31. The highest BCUT2D eigenvalue weighted by atomic mass is 16.2. The lowest BCUT2D eigenvalue weighted by Crippen LogP contribution is -2.45. The van der Waals surface area contributed by atoms with Crippen LogP contribution in [-0.4, -0.2) is 42.5 Å². The van der Waals surface area contributed by atoms with Crippen LogP contribution in [0.5, 0.6) is 0 Å². The third-order valence-electron chi connectivity index (χ3n) is 4.25. The molecule has 1 aliphatic rings. The van der Waals surface area contributed by atoms with E-state index in [1.807, 2.05) is 38.1 Å². The van der Waals surface area contributed by atoms with Crippen molar-refractivity contribution in [2.24, 2.45) is 0 Å². The van der Waals surface area contributed by atoms with E-state index >= 15 is 0 Å². The van der Waals surface area contributed by atoms with E-state index in [0.29, 0.717) is 6.04 Å². The van der Waals surface area contributed by atoms with E-state index in [2.05, 4.69) is 29.5 Å². The summed E-state index contributed by atoms with van der Waals surface area (Å²) in [6, 6.07) is 8.88. The van der Waals surface area contributed by atoms with Gasteiger partial charge in [0.1, 0.15) is 0 Å². The molecule has 2 unspecified atom stereocenters. The summed E-state index contributed by atoms with van der Waals surface area (Å²) >= 11 is 0. The van der Waals surface area contributed by atoms with Crippen LogP contribution in [0.15, 0.2) is 24.3 Å². The van der Waals surface area contributed by atoms with Crippen LogP contribution in [0.25, 0.3) is 0 Å². The summed E-state index contributed by atoms with van der Waals surface area (Å²) in [4.78, 5) is 14.5. The summed E-state index contributed by atoms with van der Waals surface area (Å²) in [5.41, 5.74) is 2.04. The molecule has 1 aromatic carbocycles. The second-order valence-corrected chi connectivity index (χ2v) is 6.23. The van der Waals surface area contributed by atoms with Gasteiger partial charge in [0.15, 0.2) is 0 Å². The maximum Gasteiger partial charge on any atom is 0.241 e. The van der Waals surface area contributed by atoms with Gasteiger partial charge in [-0.3, -0.25) is 9.69 Å². The van der Waals surface area contributed by atoms with Crippen LogP contribution in [0, 0.1) is 6.92 Å². The molecule has 1 saturated carbocycles. The number of likely N-dealkylation sites (N-methyl/N-ethyl adjacent to an activating group) is 1. The summed E-state index contributed by atoms with van der Waals surface area (Å²) in [5, 5.41) is 6.27. The van der Waals surface area contributed by atoms with Crippen molar-refractivity contribution in [3.8, 4) is 0 Å². The number of nitrogens with one attached hydrogen (secondary N) is 2. The van der Waals surface area contributed by atoms with Crippen LogP contribution in [-0.2, 0) is 4.79 Å². The molecule has 4 heteroatoms. The van der Waals surface area contributed by atoms with Gasteiger partial charge in [0.2, 0.25) is 5.91 Å². The molecule has 2 rings (SSSR count). The Balaban J connectivity index is 1.75. The predicted molar refractivity (Wildman–Crippen MR) is 87.5 cm³/mol. The summed E-state index contributed by atoms with van der Waals surface area (Å²) < 4.78 is 0. The molecule has 1 aliphatic carbocycles. The van der Waals surface area contributed by atoms with Crippen molar-refractivity contribution in [3.05, 3.63) is 29.8 Å². The van der Waals surface area contributed by atoms with Gasteiger partial charge in [0.25, 0.3) is 0 Å². The van der Waals surface area contributed by atoms with Crippen molar-refractivity contribution in [3.63, 3.8) is 0 Å². The maximum absolute atomic E-state index is 12.1. The first-order chi connectivity index (χ1) is 9.97. The van der Waals surface area contributed by atoms with Gasteiger partial charge in [-0.1, -0.05) is 17.7 Å². The highest BCUT2D eigenvalue weighted by Gasteiger charge is 2.29. The van der Waals surface area contributed by atoms with Gasteiger partial charge in [-0.05, 0) is 52.8 Å². The van der Waals surface area contributed by atoms with E-state index in [4.69, 9.17) is 0 Å². The van der Waals surface area contributed by atoms with Crippen molar-refractivity contribution in [2.75, 3.05) is 18.9 Å². The van der Waals surface area contributed by atoms with E-state index in [0.717, 1.165) is 18.3 Å². The largest absolute Gasteiger partial charge is 0.325 e. The van der Waals surface area contributed by atoms with Gasteiger partial charge in [-0.25, -0.2) is 0 Å². The smallest absolute Gasteiger partial charge is 0.241 e. The standard InChI is InChI=1S/C17H27N3O/c1-12-5-7-15(8-6-12)19-17(21)14(3)18-11-13(2)20(4)16-9-10-16/h5-8,13-14,16,18H,9-11H2,1-4H3,(H,19,21). The number of aryl methyl sites for hydroxylation is 1. The lowest BCUT2D eigenvalue weighted by molar-refractivity contribution is -0.117. The second kappa shape index (κ2) is 7.05. The number of anilines is 1. The molecule has 0 spiro atoms. The Labute approximate surface area is 127 Å². The minimum Gasteiger partial charge on any atom is -0.325 e. The van der Waals surface area contributed by atoms with Crippen LogP contribution in [0.1, 0.15) is 32.3 Å². The molecule has 21 heavy (non-hydrogen) atoms. The number of rotatable bonds is 7. The Morgan fingerprint density at radius 3 is 2.48 bits per heavy atom. The number of hydrogen-bond donors (Lipinski definition) is 2. The quantitative estimate of drug-likeness (QED) is 0.810. The summed E-state index contributed by atoms with van der Waals surface area (Å²) in [5.74, 6) is 0.0140. The molecule has 0 bridgehead atoms. The molecule has 116 valence electrons. The molecule has 1 fully saturated rings. The molecule has 0 aliphatic heterocycles. The lowest BCUT2D eigenvalue weighted by atomic mass is 10.2. The van der Waals surface area contributed by atoms with Crippen molar-refractivity contribution in [2.45, 2.75) is 51.7 Å². The Kier molecular flexibility index (Phi) is 5.37. The average Bonchev–Trinajstić information content (AvgIpc) is 3.30. The zero-order chi connectivity index (χ0) is 15.4. The first-order valence-corrected chi connectivity index (χ1v) is 7.80. The molecule has 0 saturated heterocycles. The van der Waals surface area contributed by atoms with E-state index in [-0.39, 0.29) is 11.9 Å².